The van der Waals surface area contributed by atoms with Crippen LogP contribution in [0.2, 0.25) is 0 Å². The number of H-pyrrole nitrogens is 1. The van der Waals surface area contributed by atoms with Crippen molar-refractivity contribution in [1.82, 2.24) is 20.5 Å². The smallest absolute Gasteiger partial charge is 0.149 e. The molecule has 0 bridgehead atoms. The second kappa shape index (κ2) is 5.18. The largest absolute Gasteiger partial charge is 0.367 e. The molecule has 2 aromatic heterocycles. The Hall–Kier alpha value is -1.88. The first-order valence-corrected chi connectivity index (χ1v) is 6.00. The fourth-order valence-corrected chi connectivity index (χ4v) is 1.87. The molecule has 0 saturated carbocycles. The normalized spacial score (nSPS) is 11.5. The average molecular weight is 245 g/mol. The van der Waals surface area contributed by atoms with Crippen LogP contribution in [0.15, 0.2) is 30.6 Å². The highest BCUT2D eigenvalue weighted by Crippen LogP contribution is 2.17. The van der Waals surface area contributed by atoms with E-state index in [4.69, 9.17) is 0 Å². The summed E-state index contributed by atoms with van der Waals surface area (Å²) in [4.78, 5) is 3.01. The molecule has 5 heteroatoms. The standard InChI is InChI=1S/C13H19N5/c1-13(2,9-14-3)16-12-5-4-11(17-18-12)10-6-7-15-8-10/h4-8,14-15H,9H2,1-3H3,(H,16,18). The van der Waals surface area contributed by atoms with Gasteiger partial charge in [-0.3, -0.25) is 0 Å². The Kier molecular flexibility index (Phi) is 3.62. The molecule has 0 radical (unpaired) electrons. The highest BCUT2D eigenvalue weighted by molar-refractivity contribution is 5.58. The minimum absolute atomic E-state index is 0.0565. The van der Waals surface area contributed by atoms with E-state index in [9.17, 15) is 0 Å². The van der Waals surface area contributed by atoms with Crippen LogP contribution in [0, 0.1) is 0 Å². The molecule has 96 valence electrons. The lowest BCUT2D eigenvalue weighted by atomic mass is 10.1. The van der Waals surface area contributed by atoms with Gasteiger partial charge in [-0.05, 0) is 39.1 Å². The summed E-state index contributed by atoms with van der Waals surface area (Å²) in [6.07, 6.45) is 3.78. The lowest BCUT2D eigenvalue weighted by molar-refractivity contribution is 0.527. The van der Waals surface area contributed by atoms with Crippen LogP contribution in [0.5, 0.6) is 0 Å². The number of hydrogen-bond donors (Lipinski definition) is 3. The zero-order valence-corrected chi connectivity index (χ0v) is 11.0. The SMILES string of the molecule is CNCC(C)(C)Nc1ccc(-c2cc[nH]c2)nn1. The fraction of sp³-hybridized carbons (Fsp3) is 0.385. The summed E-state index contributed by atoms with van der Waals surface area (Å²) in [5.74, 6) is 0.787. The van der Waals surface area contributed by atoms with E-state index < -0.39 is 0 Å². The minimum atomic E-state index is -0.0565. The Morgan fingerprint density at radius 1 is 1.22 bits per heavy atom. The highest BCUT2D eigenvalue weighted by atomic mass is 15.2. The number of hydrogen-bond acceptors (Lipinski definition) is 4. The molecule has 5 nitrogen and oxygen atoms in total. The molecule has 0 unspecified atom stereocenters. The Labute approximate surface area is 107 Å². The molecule has 3 N–H and O–H groups in total. The molecule has 0 atom stereocenters. The summed E-state index contributed by atoms with van der Waals surface area (Å²) in [6.45, 7) is 5.09. The van der Waals surface area contributed by atoms with Crippen molar-refractivity contribution < 1.29 is 0 Å². The number of nitrogens with zero attached hydrogens (tertiary/aromatic N) is 2. The Morgan fingerprint density at radius 2 is 2.06 bits per heavy atom. The van der Waals surface area contributed by atoms with Gasteiger partial charge in [-0.2, -0.15) is 0 Å². The van der Waals surface area contributed by atoms with Crippen molar-refractivity contribution in [3.63, 3.8) is 0 Å². The van der Waals surface area contributed by atoms with Gasteiger partial charge in [-0.1, -0.05) is 0 Å². The molecule has 0 aliphatic heterocycles. The average Bonchev–Trinajstić information content (AvgIpc) is 2.82. The maximum atomic E-state index is 4.21. The van der Waals surface area contributed by atoms with Crippen LogP contribution in [0.1, 0.15) is 13.8 Å². The lowest BCUT2D eigenvalue weighted by Crippen LogP contribution is -2.40. The van der Waals surface area contributed by atoms with Gasteiger partial charge in [0.1, 0.15) is 5.82 Å². The number of aromatic amines is 1. The van der Waals surface area contributed by atoms with E-state index in [1.807, 2.05) is 37.6 Å². The Morgan fingerprint density at radius 3 is 2.61 bits per heavy atom. The summed E-state index contributed by atoms with van der Waals surface area (Å²) >= 11 is 0. The van der Waals surface area contributed by atoms with Gasteiger partial charge in [0.15, 0.2) is 0 Å². The maximum Gasteiger partial charge on any atom is 0.149 e. The molecule has 18 heavy (non-hydrogen) atoms. The van der Waals surface area contributed by atoms with Gasteiger partial charge in [0, 0.05) is 30.0 Å². The minimum Gasteiger partial charge on any atom is -0.367 e. The molecule has 0 aromatic carbocycles. The first-order valence-electron chi connectivity index (χ1n) is 6.00. The van der Waals surface area contributed by atoms with Gasteiger partial charge in [0.2, 0.25) is 0 Å². The van der Waals surface area contributed by atoms with Crippen molar-refractivity contribution in [2.24, 2.45) is 0 Å². The first kappa shape index (κ1) is 12.6. The van der Waals surface area contributed by atoms with Crippen LogP contribution in [0.3, 0.4) is 0 Å². The molecule has 0 spiro atoms. The topological polar surface area (TPSA) is 65.6 Å². The van der Waals surface area contributed by atoms with Crippen LogP contribution < -0.4 is 10.6 Å². The van der Waals surface area contributed by atoms with Crippen molar-refractivity contribution in [3.8, 4) is 11.3 Å². The molecule has 0 aliphatic rings. The molecule has 0 amide bonds. The van der Waals surface area contributed by atoms with E-state index in [0.29, 0.717) is 0 Å². The van der Waals surface area contributed by atoms with Crippen LogP contribution >= 0.6 is 0 Å². The molecule has 2 aromatic rings. The van der Waals surface area contributed by atoms with Gasteiger partial charge >= 0.3 is 0 Å². The quantitative estimate of drug-likeness (QED) is 0.752. The summed E-state index contributed by atoms with van der Waals surface area (Å²) in [5, 5.41) is 14.9. The Bertz CT molecular complexity index is 473. The van der Waals surface area contributed by atoms with E-state index in [0.717, 1.165) is 23.6 Å². The van der Waals surface area contributed by atoms with Crippen LogP contribution in [-0.4, -0.2) is 34.3 Å². The summed E-state index contributed by atoms with van der Waals surface area (Å²) in [7, 11) is 1.93. The predicted molar refractivity (Wildman–Crippen MR) is 73.4 cm³/mol. The number of likely N-dealkylation sites (N-methyl/N-ethyl adjacent to an activating group) is 1. The molecular formula is C13H19N5. The molecule has 2 rings (SSSR count). The van der Waals surface area contributed by atoms with Gasteiger partial charge in [-0.25, -0.2) is 0 Å². The second-order valence-electron chi connectivity index (χ2n) is 4.94. The van der Waals surface area contributed by atoms with Crippen molar-refractivity contribution in [2.75, 3.05) is 18.9 Å². The van der Waals surface area contributed by atoms with E-state index >= 15 is 0 Å². The summed E-state index contributed by atoms with van der Waals surface area (Å²) in [5.41, 5.74) is 1.86. The van der Waals surface area contributed by atoms with Crippen LogP contribution in [0.4, 0.5) is 5.82 Å². The van der Waals surface area contributed by atoms with Crippen molar-refractivity contribution in [2.45, 2.75) is 19.4 Å². The third-order valence-corrected chi connectivity index (χ3v) is 2.64. The molecule has 0 saturated heterocycles. The molecular weight excluding hydrogens is 226 g/mol. The highest BCUT2D eigenvalue weighted by Gasteiger charge is 2.16. The van der Waals surface area contributed by atoms with Crippen molar-refractivity contribution >= 4 is 5.82 Å². The maximum absolute atomic E-state index is 4.21. The van der Waals surface area contributed by atoms with E-state index in [-0.39, 0.29) is 5.54 Å². The lowest BCUT2D eigenvalue weighted by Gasteiger charge is -2.26. The third-order valence-electron chi connectivity index (χ3n) is 2.64. The van der Waals surface area contributed by atoms with E-state index in [1.165, 1.54) is 0 Å². The Balaban J connectivity index is 2.09. The monoisotopic (exact) mass is 245 g/mol. The summed E-state index contributed by atoms with van der Waals surface area (Å²) in [6, 6.07) is 5.89. The van der Waals surface area contributed by atoms with Gasteiger partial charge < -0.3 is 15.6 Å². The zero-order chi connectivity index (χ0) is 13.0. The summed E-state index contributed by atoms with van der Waals surface area (Å²) < 4.78 is 0. The van der Waals surface area contributed by atoms with Crippen molar-refractivity contribution in [3.05, 3.63) is 30.6 Å². The number of anilines is 1. The van der Waals surface area contributed by atoms with Crippen LogP contribution in [-0.2, 0) is 0 Å². The van der Waals surface area contributed by atoms with Gasteiger partial charge in [-0.15, -0.1) is 10.2 Å². The molecule has 2 heterocycles. The third kappa shape index (κ3) is 3.07. The predicted octanol–water partition coefficient (Wildman–Crippen LogP) is 1.88. The first-order chi connectivity index (χ1) is 8.61. The number of rotatable bonds is 5. The van der Waals surface area contributed by atoms with E-state index in [1.54, 1.807) is 0 Å². The van der Waals surface area contributed by atoms with Gasteiger partial charge in [0.25, 0.3) is 0 Å². The fourth-order valence-electron chi connectivity index (χ4n) is 1.87. The van der Waals surface area contributed by atoms with Crippen LogP contribution in [0.25, 0.3) is 11.3 Å². The van der Waals surface area contributed by atoms with Crippen molar-refractivity contribution in [1.29, 1.82) is 0 Å². The van der Waals surface area contributed by atoms with E-state index in [2.05, 4.69) is 39.7 Å². The van der Waals surface area contributed by atoms with Gasteiger partial charge in [0.05, 0.1) is 5.69 Å². The zero-order valence-electron chi connectivity index (χ0n) is 11.0. The molecule has 0 fully saturated rings. The number of nitrogens with one attached hydrogen (secondary N) is 3. The number of aromatic nitrogens is 3. The second-order valence-corrected chi connectivity index (χ2v) is 4.94. The molecule has 0 aliphatic carbocycles.